The number of fused-ring (bicyclic) bond motifs is 16. The van der Waals surface area contributed by atoms with E-state index in [0.717, 1.165) is 0 Å². The molecule has 0 bridgehead atoms. The van der Waals surface area contributed by atoms with Gasteiger partial charge in [0.2, 0.25) is 0 Å². The van der Waals surface area contributed by atoms with Gasteiger partial charge >= 0.3 is 0 Å². The van der Waals surface area contributed by atoms with Crippen LogP contribution in [-0.4, -0.2) is 13.2 Å². The van der Waals surface area contributed by atoms with Gasteiger partial charge in [-0.2, -0.15) is 0 Å². The molecular formula is C34H17N3. The average molecular weight is 468 g/mol. The minimum atomic E-state index is 1.28. The van der Waals surface area contributed by atoms with Gasteiger partial charge in [-0.1, -0.05) is 91.0 Å². The summed E-state index contributed by atoms with van der Waals surface area (Å²) in [5.41, 5.74) is 10.5. The highest BCUT2D eigenvalue weighted by Crippen LogP contribution is 2.49. The summed E-state index contributed by atoms with van der Waals surface area (Å²) < 4.78 is 7.63. The highest BCUT2D eigenvalue weighted by molar-refractivity contribution is 6.36. The van der Waals surface area contributed by atoms with E-state index >= 15 is 0 Å². The molecule has 3 nitrogen and oxygen atoms in total. The maximum atomic E-state index is 2.58. The largest absolute Gasteiger partial charge is 0.306 e. The molecular weight excluding hydrogens is 450 g/mol. The molecule has 0 unspecified atom stereocenters. The molecule has 0 aliphatic heterocycles. The quantitative estimate of drug-likeness (QED) is 0.211. The minimum Gasteiger partial charge on any atom is -0.306 e. The zero-order chi connectivity index (χ0) is 23.6. The highest BCUT2D eigenvalue weighted by Gasteiger charge is 2.29. The predicted octanol–water partition coefficient (Wildman–Crippen LogP) is 8.83. The van der Waals surface area contributed by atoms with E-state index in [-0.39, 0.29) is 0 Å². The number of hydrogen-bond donors (Lipinski definition) is 0. The summed E-state index contributed by atoms with van der Waals surface area (Å²) in [6.45, 7) is 0. The van der Waals surface area contributed by atoms with Crippen molar-refractivity contribution in [3.8, 4) is 0 Å². The summed E-state index contributed by atoms with van der Waals surface area (Å²) >= 11 is 0. The molecule has 11 rings (SSSR count). The molecule has 0 aliphatic carbocycles. The van der Waals surface area contributed by atoms with Crippen LogP contribution in [0, 0.1) is 0 Å². The molecule has 37 heavy (non-hydrogen) atoms. The summed E-state index contributed by atoms with van der Waals surface area (Å²) in [4.78, 5) is 0. The first-order chi connectivity index (χ1) is 18.4. The fourth-order valence-corrected chi connectivity index (χ4v) is 7.80. The topological polar surface area (TPSA) is 13.2 Å². The summed E-state index contributed by atoms with van der Waals surface area (Å²) in [6.07, 6.45) is 0. The molecule has 0 saturated carbocycles. The molecule has 0 amide bonds. The summed E-state index contributed by atoms with van der Waals surface area (Å²) in [6, 6.07) is 38.2. The van der Waals surface area contributed by atoms with Crippen LogP contribution in [0.4, 0.5) is 0 Å². The van der Waals surface area contributed by atoms with Crippen molar-refractivity contribution >= 4 is 92.7 Å². The van der Waals surface area contributed by atoms with Crippen LogP contribution in [-0.2, 0) is 0 Å². The van der Waals surface area contributed by atoms with Crippen molar-refractivity contribution in [2.45, 2.75) is 0 Å². The lowest BCUT2D eigenvalue weighted by atomic mass is 10.1. The summed E-state index contributed by atoms with van der Waals surface area (Å²) in [5.74, 6) is 0. The lowest BCUT2D eigenvalue weighted by Crippen LogP contribution is -1.87. The molecule has 168 valence electrons. The van der Waals surface area contributed by atoms with Crippen molar-refractivity contribution in [3.63, 3.8) is 0 Å². The van der Waals surface area contributed by atoms with Crippen LogP contribution < -0.4 is 0 Å². The first-order valence-corrected chi connectivity index (χ1v) is 12.9. The fraction of sp³-hybridized carbons (Fsp3) is 0. The maximum Gasteiger partial charge on any atom is 0.131 e. The monoisotopic (exact) mass is 467 g/mol. The molecule has 0 aliphatic rings. The van der Waals surface area contributed by atoms with E-state index in [1.165, 1.54) is 92.7 Å². The minimum absolute atomic E-state index is 1.28. The SMILES string of the molecule is c1ccc2c(c1)c1cccc3c1n2c1c2cccc4c5c6cccc7c8ccccc8n(c76)c5n(c42)c31. The van der Waals surface area contributed by atoms with E-state index in [4.69, 9.17) is 0 Å². The van der Waals surface area contributed by atoms with Crippen LogP contribution in [0.3, 0.4) is 0 Å². The second kappa shape index (κ2) is 5.37. The second-order valence-corrected chi connectivity index (χ2v) is 10.5. The Labute approximate surface area is 208 Å². The Bertz CT molecular complexity index is 2730. The Morgan fingerprint density at radius 1 is 0.297 bits per heavy atom. The van der Waals surface area contributed by atoms with Crippen molar-refractivity contribution in [2.24, 2.45) is 0 Å². The van der Waals surface area contributed by atoms with Gasteiger partial charge in [0.05, 0.1) is 38.6 Å². The molecule has 3 heteroatoms. The Morgan fingerprint density at radius 2 is 0.730 bits per heavy atom. The highest BCUT2D eigenvalue weighted by atomic mass is 15.1. The second-order valence-electron chi connectivity index (χ2n) is 10.5. The Kier molecular flexibility index (Phi) is 2.53. The van der Waals surface area contributed by atoms with Crippen molar-refractivity contribution in [1.29, 1.82) is 0 Å². The average Bonchev–Trinajstić information content (AvgIpc) is 3.75. The van der Waals surface area contributed by atoms with Gasteiger partial charge in [0, 0.05) is 48.5 Å². The first kappa shape index (κ1) is 17.4. The lowest BCUT2D eigenvalue weighted by molar-refractivity contribution is 1.25. The van der Waals surface area contributed by atoms with E-state index in [2.05, 4.69) is 116 Å². The first-order valence-electron chi connectivity index (χ1n) is 12.9. The van der Waals surface area contributed by atoms with E-state index in [0.29, 0.717) is 0 Å². The van der Waals surface area contributed by atoms with E-state index in [1.807, 2.05) is 0 Å². The van der Waals surface area contributed by atoms with Gasteiger partial charge in [0.25, 0.3) is 0 Å². The van der Waals surface area contributed by atoms with Crippen molar-refractivity contribution < 1.29 is 0 Å². The van der Waals surface area contributed by atoms with Crippen molar-refractivity contribution in [2.75, 3.05) is 0 Å². The molecule has 0 radical (unpaired) electrons. The third kappa shape index (κ3) is 1.61. The zero-order valence-electron chi connectivity index (χ0n) is 19.7. The van der Waals surface area contributed by atoms with Gasteiger partial charge < -0.3 is 4.40 Å². The Morgan fingerprint density at radius 3 is 1.38 bits per heavy atom. The van der Waals surface area contributed by atoms with Crippen LogP contribution in [0.15, 0.2) is 103 Å². The van der Waals surface area contributed by atoms with Crippen molar-refractivity contribution in [1.82, 2.24) is 13.2 Å². The fourth-order valence-electron chi connectivity index (χ4n) is 7.80. The molecule has 0 N–H and O–H groups in total. The van der Waals surface area contributed by atoms with E-state index < -0.39 is 0 Å². The lowest BCUT2D eigenvalue weighted by Gasteiger charge is -1.99. The third-order valence-electron chi connectivity index (χ3n) is 9.02. The third-order valence-corrected chi connectivity index (χ3v) is 9.02. The van der Waals surface area contributed by atoms with Crippen LogP contribution in [0.5, 0.6) is 0 Å². The van der Waals surface area contributed by atoms with Gasteiger partial charge in [-0.15, -0.1) is 0 Å². The van der Waals surface area contributed by atoms with Gasteiger partial charge in [-0.3, -0.25) is 8.80 Å². The number of aromatic nitrogens is 3. The summed E-state index contributed by atoms with van der Waals surface area (Å²) in [7, 11) is 0. The number of rotatable bonds is 0. The standard InChI is InChI=1S/C34H17N3/c1-3-16-26-18(8-1)21-11-6-14-24-30(21)35(26)32-25-15-7-13-23-28-22-12-5-10-20-19-9-2-4-17-27(19)36(29(20)22)34(28)37(31(23)25)33(24)32/h1-17H. The maximum absolute atomic E-state index is 2.58. The smallest absolute Gasteiger partial charge is 0.131 e. The molecule has 0 spiro atoms. The van der Waals surface area contributed by atoms with Gasteiger partial charge in [-0.25, -0.2) is 0 Å². The molecule has 0 saturated heterocycles. The van der Waals surface area contributed by atoms with Crippen LogP contribution in [0.1, 0.15) is 0 Å². The van der Waals surface area contributed by atoms with Crippen molar-refractivity contribution in [3.05, 3.63) is 103 Å². The van der Waals surface area contributed by atoms with E-state index in [9.17, 15) is 0 Å². The van der Waals surface area contributed by atoms with E-state index in [1.54, 1.807) is 0 Å². The van der Waals surface area contributed by atoms with Gasteiger partial charge in [0.15, 0.2) is 0 Å². The van der Waals surface area contributed by atoms with Gasteiger partial charge in [-0.05, 0) is 12.1 Å². The molecule has 0 atom stereocenters. The molecule has 5 aromatic carbocycles. The summed E-state index contributed by atoms with van der Waals surface area (Å²) in [5, 5.41) is 12.0. The zero-order valence-corrected chi connectivity index (χ0v) is 19.7. The van der Waals surface area contributed by atoms with Crippen LogP contribution >= 0.6 is 0 Å². The Hall–Kier alpha value is -5.02. The normalized spacial score (nSPS) is 13.4. The molecule has 6 aromatic heterocycles. The van der Waals surface area contributed by atoms with Crippen LogP contribution in [0.25, 0.3) is 92.7 Å². The number of nitrogens with zero attached hydrogens (tertiary/aromatic N) is 3. The number of benzene rings is 5. The molecule has 0 fully saturated rings. The van der Waals surface area contributed by atoms with Crippen LogP contribution in [0.2, 0.25) is 0 Å². The molecule has 6 heterocycles. The molecule has 11 aromatic rings. The number of para-hydroxylation sites is 5. The number of hydrogen-bond acceptors (Lipinski definition) is 0. The van der Waals surface area contributed by atoms with Gasteiger partial charge in [0.1, 0.15) is 5.65 Å². The predicted molar refractivity (Wildman–Crippen MR) is 155 cm³/mol. The Balaban J connectivity index is 1.58.